The molecule has 0 radical (unpaired) electrons. The number of rotatable bonds is 6. The van der Waals surface area contributed by atoms with Crippen LogP contribution in [0.1, 0.15) is 57.6 Å². The van der Waals surface area contributed by atoms with Crippen molar-refractivity contribution in [1.82, 2.24) is 24.5 Å². The minimum absolute atomic E-state index is 0.130. The van der Waals surface area contributed by atoms with Crippen molar-refractivity contribution in [2.75, 3.05) is 5.32 Å². The first-order valence-corrected chi connectivity index (χ1v) is 10.8. The number of nitrogens with one attached hydrogen (secondary N) is 1. The van der Waals surface area contributed by atoms with Crippen molar-refractivity contribution in [3.05, 3.63) is 86.9 Å². The van der Waals surface area contributed by atoms with Crippen LogP contribution in [0.25, 0.3) is 0 Å². The Bertz CT molecular complexity index is 1550. The van der Waals surface area contributed by atoms with Crippen LogP contribution < -0.4 is 10.9 Å². The zero-order chi connectivity index (χ0) is 26.1. The highest BCUT2D eigenvalue weighted by molar-refractivity contribution is 6.04. The van der Waals surface area contributed by atoms with E-state index in [1.54, 1.807) is 31.6 Å². The van der Waals surface area contributed by atoms with Gasteiger partial charge in [0, 0.05) is 31.6 Å². The van der Waals surface area contributed by atoms with Gasteiger partial charge in [-0.2, -0.15) is 10.4 Å². The second kappa shape index (κ2) is 9.46. The number of anilines is 1. The highest BCUT2D eigenvalue weighted by Crippen LogP contribution is 2.39. The van der Waals surface area contributed by atoms with Crippen LogP contribution in [0.2, 0.25) is 0 Å². The molecule has 0 aliphatic rings. The number of carbonyl (C=O) groups is 1. The van der Waals surface area contributed by atoms with Gasteiger partial charge in [-0.3, -0.25) is 18.8 Å². The Hall–Kier alpha value is -4.79. The smallest absolute Gasteiger partial charge is 0.296 e. The van der Waals surface area contributed by atoms with Crippen LogP contribution in [0, 0.1) is 24.1 Å². The number of amides is 1. The van der Waals surface area contributed by atoms with Crippen molar-refractivity contribution >= 4 is 11.6 Å². The predicted molar refractivity (Wildman–Crippen MR) is 125 cm³/mol. The zero-order valence-corrected chi connectivity index (χ0v) is 19.9. The van der Waals surface area contributed by atoms with Gasteiger partial charge in [0.25, 0.3) is 11.5 Å². The number of hydrogen-bond acceptors (Lipinski definition) is 8. The van der Waals surface area contributed by atoms with Crippen molar-refractivity contribution in [1.29, 1.82) is 5.26 Å². The number of hydrogen-bond donors (Lipinski definition) is 2. The first-order chi connectivity index (χ1) is 17.1. The molecule has 0 spiro atoms. The topological polar surface area (TPSA) is 152 Å². The number of halogens is 1. The molecule has 12 heteroatoms. The number of nitrogens with zero attached hydrogens (tertiary/aromatic N) is 6. The summed E-state index contributed by atoms with van der Waals surface area (Å²) in [4.78, 5) is 30.1. The van der Waals surface area contributed by atoms with Crippen molar-refractivity contribution in [2.45, 2.75) is 25.7 Å². The van der Waals surface area contributed by atoms with E-state index in [9.17, 15) is 24.3 Å². The van der Waals surface area contributed by atoms with Crippen LogP contribution in [-0.2, 0) is 14.1 Å². The van der Waals surface area contributed by atoms with Crippen molar-refractivity contribution < 1.29 is 18.8 Å². The van der Waals surface area contributed by atoms with E-state index in [2.05, 4.69) is 31.1 Å². The molecular weight excluding hydrogens is 469 g/mol. The van der Waals surface area contributed by atoms with Gasteiger partial charge in [-0.1, -0.05) is 12.1 Å². The highest BCUT2D eigenvalue weighted by Gasteiger charge is 2.33. The van der Waals surface area contributed by atoms with E-state index in [0.29, 0.717) is 17.0 Å². The second-order valence-electron chi connectivity index (χ2n) is 8.34. The van der Waals surface area contributed by atoms with Gasteiger partial charge in [0.2, 0.25) is 5.75 Å². The number of benzene rings is 1. The first kappa shape index (κ1) is 24.3. The Labute approximate surface area is 204 Å². The zero-order valence-electron chi connectivity index (χ0n) is 19.9. The molecule has 0 aliphatic carbocycles. The SMILES string of the molecule is Cc1cc([C@H](c2cc(F)ccc2C#N)[C@@H](C)c2nc(C(=O)Nc3cnoc3)c(O)c(=O)n2C)n(C)n1. The Kier molecular flexibility index (Phi) is 6.39. The summed E-state index contributed by atoms with van der Waals surface area (Å²) in [5.41, 5.74) is 0.800. The molecule has 0 saturated carbocycles. The normalized spacial score (nSPS) is 12.7. The predicted octanol–water partition coefficient (Wildman–Crippen LogP) is 2.71. The molecule has 0 bridgehead atoms. The summed E-state index contributed by atoms with van der Waals surface area (Å²) >= 11 is 0. The molecule has 2 N–H and O–H groups in total. The third-order valence-electron chi connectivity index (χ3n) is 5.94. The average Bonchev–Trinajstić information content (AvgIpc) is 3.46. The lowest BCUT2D eigenvalue weighted by atomic mass is 9.81. The molecule has 2 atom stereocenters. The van der Waals surface area contributed by atoms with E-state index < -0.39 is 40.6 Å². The quantitative estimate of drug-likeness (QED) is 0.418. The third-order valence-corrected chi connectivity index (χ3v) is 5.94. The second-order valence-corrected chi connectivity index (χ2v) is 8.34. The molecule has 0 saturated heterocycles. The van der Waals surface area contributed by atoms with E-state index in [1.165, 1.54) is 37.7 Å². The summed E-state index contributed by atoms with van der Waals surface area (Å²) in [5, 5.41) is 30.5. The van der Waals surface area contributed by atoms with Gasteiger partial charge in [0.1, 0.15) is 23.6 Å². The number of aromatic hydroxyl groups is 1. The van der Waals surface area contributed by atoms with E-state index in [0.717, 1.165) is 4.57 Å². The summed E-state index contributed by atoms with van der Waals surface area (Å²) in [7, 11) is 3.12. The number of aryl methyl sites for hydroxylation is 2. The largest absolute Gasteiger partial charge is 0.501 e. The number of nitriles is 1. The van der Waals surface area contributed by atoms with Crippen LogP contribution in [0.15, 0.2) is 46.0 Å². The number of aromatic nitrogens is 5. The fourth-order valence-corrected chi connectivity index (χ4v) is 4.28. The maximum absolute atomic E-state index is 14.4. The van der Waals surface area contributed by atoms with E-state index in [-0.39, 0.29) is 17.1 Å². The fraction of sp³-hybridized carbons (Fsp3) is 0.250. The lowest BCUT2D eigenvalue weighted by molar-refractivity contribution is 0.101. The third kappa shape index (κ3) is 4.34. The Morgan fingerprint density at radius 3 is 2.67 bits per heavy atom. The fourth-order valence-electron chi connectivity index (χ4n) is 4.28. The minimum atomic E-state index is -0.849. The Balaban J connectivity index is 1.91. The molecule has 11 nitrogen and oxygen atoms in total. The van der Waals surface area contributed by atoms with E-state index in [4.69, 9.17) is 0 Å². The van der Waals surface area contributed by atoms with Crippen LogP contribution >= 0.6 is 0 Å². The molecule has 1 aromatic carbocycles. The van der Waals surface area contributed by atoms with Crippen molar-refractivity contribution in [2.24, 2.45) is 14.1 Å². The molecule has 1 amide bonds. The molecule has 36 heavy (non-hydrogen) atoms. The maximum Gasteiger partial charge on any atom is 0.296 e. The van der Waals surface area contributed by atoms with Crippen LogP contribution in [0.5, 0.6) is 5.75 Å². The standard InChI is InChI=1S/C24H22FN7O4/c1-12-7-18(32(4)30-12)19(17-8-15(25)6-5-14(17)9-26)13(2)22-29-20(21(33)24(35)31(22)3)23(34)28-16-10-27-36-11-16/h5-8,10-11,13,19,33H,1-4H3,(H,28,34)/t13-,19+/m1/s1. The van der Waals surface area contributed by atoms with Gasteiger partial charge in [-0.25, -0.2) is 9.37 Å². The minimum Gasteiger partial charge on any atom is -0.501 e. The summed E-state index contributed by atoms with van der Waals surface area (Å²) in [6.07, 6.45) is 2.42. The first-order valence-electron chi connectivity index (χ1n) is 10.8. The summed E-state index contributed by atoms with van der Waals surface area (Å²) < 4.78 is 21.8. The molecule has 3 heterocycles. The molecule has 3 aromatic heterocycles. The maximum atomic E-state index is 14.4. The highest BCUT2D eigenvalue weighted by atomic mass is 19.1. The Morgan fingerprint density at radius 2 is 2.06 bits per heavy atom. The van der Waals surface area contributed by atoms with Crippen molar-refractivity contribution in [3.63, 3.8) is 0 Å². The molecule has 0 aliphatic heterocycles. The molecule has 4 aromatic rings. The molecule has 0 fully saturated rings. The molecule has 4 rings (SSSR count). The van der Waals surface area contributed by atoms with Gasteiger partial charge < -0.3 is 14.9 Å². The van der Waals surface area contributed by atoms with Crippen molar-refractivity contribution in [3.8, 4) is 11.8 Å². The van der Waals surface area contributed by atoms with Crippen LogP contribution in [0.3, 0.4) is 0 Å². The van der Waals surface area contributed by atoms with E-state index >= 15 is 0 Å². The molecule has 0 unspecified atom stereocenters. The van der Waals surface area contributed by atoms with Gasteiger partial charge in [0.05, 0.1) is 23.5 Å². The van der Waals surface area contributed by atoms with E-state index in [1.807, 2.05) is 0 Å². The van der Waals surface area contributed by atoms with Gasteiger partial charge >= 0.3 is 0 Å². The molecular formula is C24H22FN7O4. The summed E-state index contributed by atoms with van der Waals surface area (Å²) in [5.74, 6) is -3.45. The van der Waals surface area contributed by atoms with Gasteiger partial charge in [-0.05, 0) is 36.8 Å². The lowest BCUT2D eigenvalue weighted by Crippen LogP contribution is -2.30. The van der Waals surface area contributed by atoms with Gasteiger partial charge in [0.15, 0.2) is 5.69 Å². The van der Waals surface area contributed by atoms with Crippen LogP contribution in [-0.4, -0.2) is 35.5 Å². The average molecular weight is 491 g/mol. The molecule has 184 valence electrons. The van der Waals surface area contributed by atoms with Gasteiger partial charge in [-0.15, -0.1) is 0 Å². The van der Waals surface area contributed by atoms with Crippen LogP contribution in [0.4, 0.5) is 10.1 Å². The lowest BCUT2D eigenvalue weighted by Gasteiger charge is -2.27. The number of carbonyl (C=O) groups excluding carboxylic acids is 1. The summed E-state index contributed by atoms with van der Waals surface area (Å²) in [6.45, 7) is 3.53. The summed E-state index contributed by atoms with van der Waals surface area (Å²) in [6, 6.07) is 7.73. The monoisotopic (exact) mass is 491 g/mol. The Morgan fingerprint density at radius 1 is 1.31 bits per heavy atom.